The second-order valence-electron chi connectivity index (χ2n) is 5.21. The molecule has 1 atom stereocenters. The van der Waals surface area contributed by atoms with Crippen molar-refractivity contribution in [3.05, 3.63) is 29.3 Å². The molecule has 110 valence electrons. The van der Waals surface area contributed by atoms with E-state index >= 15 is 0 Å². The summed E-state index contributed by atoms with van der Waals surface area (Å²) in [6.07, 6.45) is 1.00. The van der Waals surface area contributed by atoms with E-state index in [9.17, 15) is 4.79 Å². The van der Waals surface area contributed by atoms with Crippen molar-refractivity contribution in [3.63, 3.8) is 0 Å². The number of hydrogen-bond donors (Lipinski definition) is 1. The number of aryl methyl sites for hydroxylation is 2. The lowest BCUT2D eigenvalue weighted by Gasteiger charge is -2.09. The molecule has 0 bridgehead atoms. The third-order valence-corrected chi connectivity index (χ3v) is 3.25. The molecule has 0 spiro atoms. The van der Waals surface area contributed by atoms with Crippen molar-refractivity contribution in [2.75, 3.05) is 6.61 Å². The third kappa shape index (κ3) is 5.43. The summed E-state index contributed by atoms with van der Waals surface area (Å²) < 4.78 is 5.47. The minimum atomic E-state index is -0.244. The van der Waals surface area contributed by atoms with E-state index in [0.29, 0.717) is 11.7 Å². The van der Waals surface area contributed by atoms with Gasteiger partial charge < -0.3 is 4.74 Å². The molecular formula is C16H24N2O2. The van der Waals surface area contributed by atoms with Gasteiger partial charge in [0.1, 0.15) is 5.75 Å². The molecule has 1 amide bonds. The Labute approximate surface area is 121 Å². The largest absolute Gasteiger partial charge is 0.484 e. The van der Waals surface area contributed by atoms with Gasteiger partial charge in [0.15, 0.2) is 6.61 Å². The van der Waals surface area contributed by atoms with Crippen molar-refractivity contribution >= 4 is 11.6 Å². The monoisotopic (exact) mass is 276 g/mol. The van der Waals surface area contributed by atoms with E-state index in [2.05, 4.69) is 30.4 Å². The van der Waals surface area contributed by atoms with E-state index in [1.165, 1.54) is 0 Å². The summed E-state index contributed by atoms with van der Waals surface area (Å²) in [5.74, 6) is 0.836. The summed E-state index contributed by atoms with van der Waals surface area (Å²) in [6, 6.07) is 5.88. The van der Waals surface area contributed by atoms with Gasteiger partial charge in [0.05, 0.1) is 0 Å². The Bertz CT molecular complexity index is 475. The van der Waals surface area contributed by atoms with Gasteiger partial charge in [0.25, 0.3) is 5.91 Å². The van der Waals surface area contributed by atoms with Gasteiger partial charge in [-0.15, -0.1) is 0 Å². The second kappa shape index (κ2) is 7.68. The molecule has 1 aromatic carbocycles. The van der Waals surface area contributed by atoms with E-state index in [4.69, 9.17) is 4.74 Å². The Morgan fingerprint density at radius 1 is 1.30 bits per heavy atom. The van der Waals surface area contributed by atoms with E-state index in [1.54, 1.807) is 0 Å². The molecule has 1 N–H and O–H groups in total. The highest BCUT2D eigenvalue weighted by Crippen LogP contribution is 2.15. The molecule has 1 rings (SSSR count). The van der Waals surface area contributed by atoms with Crippen LogP contribution in [0.25, 0.3) is 0 Å². The highest BCUT2D eigenvalue weighted by Gasteiger charge is 2.05. The van der Waals surface area contributed by atoms with Gasteiger partial charge in [-0.3, -0.25) is 4.79 Å². The number of amides is 1. The average Bonchev–Trinajstić information content (AvgIpc) is 2.40. The standard InChI is InChI=1S/C16H24N2O2/c1-6-13(4)14(5)17-18-16(19)10-20-15-8-11(2)7-12(3)9-15/h7-9,13H,6,10H2,1-5H3,(H,18,19)/b17-14-/t13-/m0/s1. The van der Waals surface area contributed by atoms with Crippen molar-refractivity contribution in [3.8, 4) is 5.75 Å². The SMILES string of the molecule is CC[C@H](C)/C(C)=N\NC(=O)COc1cc(C)cc(C)c1. The first kappa shape index (κ1) is 16.2. The topological polar surface area (TPSA) is 50.7 Å². The fraction of sp³-hybridized carbons (Fsp3) is 0.500. The van der Waals surface area contributed by atoms with Crippen molar-refractivity contribution in [2.24, 2.45) is 11.0 Å². The lowest BCUT2D eigenvalue weighted by atomic mass is 10.1. The first-order valence-electron chi connectivity index (χ1n) is 6.96. The molecule has 4 nitrogen and oxygen atoms in total. The van der Waals surface area contributed by atoms with Gasteiger partial charge in [-0.1, -0.05) is 19.9 Å². The number of carbonyl (C=O) groups excluding carboxylic acids is 1. The zero-order chi connectivity index (χ0) is 15.1. The Kier molecular flexibility index (Phi) is 6.22. The fourth-order valence-corrected chi connectivity index (χ4v) is 1.75. The van der Waals surface area contributed by atoms with Crippen LogP contribution in [0.4, 0.5) is 0 Å². The smallest absolute Gasteiger partial charge is 0.277 e. The number of rotatable bonds is 6. The molecule has 0 saturated carbocycles. The van der Waals surface area contributed by atoms with Crippen molar-refractivity contribution in [1.29, 1.82) is 0 Å². The van der Waals surface area contributed by atoms with Crippen LogP contribution in [-0.4, -0.2) is 18.2 Å². The maximum Gasteiger partial charge on any atom is 0.277 e. The van der Waals surface area contributed by atoms with Gasteiger partial charge in [-0.2, -0.15) is 5.10 Å². The molecule has 0 fully saturated rings. The van der Waals surface area contributed by atoms with E-state index in [1.807, 2.05) is 32.9 Å². The summed E-state index contributed by atoms with van der Waals surface area (Å²) in [6.45, 7) is 10.1. The molecule has 0 saturated heterocycles. The second-order valence-corrected chi connectivity index (χ2v) is 5.21. The predicted octanol–water partition coefficient (Wildman–Crippen LogP) is 3.22. The van der Waals surface area contributed by atoms with Gasteiger partial charge in [-0.05, 0) is 56.4 Å². The number of benzene rings is 1. The van der Waals surface area contributed by atoms with Crippen molar-refractivity contribution in [2.45, 2.75) is 41.0 Å². The Balaban J connectivity index is 2.47. The lowest BCUT2D eigenvalue weighted by molar-refractivity contribution is -0.123. The van der Waals surface area contributed by atoms with Gasteiger partial charge in [-0.25, -0.2) is 5.43 Å². The highest BCUT2D eigenvalue weighted by molar-refractivity contribution is 5.86. The zero-order valence-corrected chi connectivity index (χ0v) is 13.0. The third-order valence-electron chi connectivity index (χ3n) is 3.25. The molecule has 0 radical (unpaired) electrons. The fourth-order valence-electron chi connectivity index (χ4n) is 1.75. The van der Waals surface area contributed by atoms with Crippen LogP contribution in [0.5, 0.6) is 5.75 Å². The van der Waals surface area contributed by atoms with Crippen LogP contribution >= 0.6 is 0 Å². The van der Waals surface area contributed by atoms with Gasteiger partial charge >= 0.3 is 0 Å². The van der Waals surface area contributed by atoms with E-state index in [0.717, 1.165) is 23.3 Å². The first-order valence-corrected chi connectivity index (χ1v) is 6.96. The predicted molar refractivity (Wildman–Crippen MR) is 82.1 cm³/mol. The summed E-state index contributed by atoms with van der Waals surface area (Å²) in [5, 5.41) is 4.08. The normalized spacial score (nSPS) is 12.9. The molecule has 4 heteroatoms. The Morgan fingerprint density at radius 2 is 1.90 bits per heavy atom. The molecule has 0 unspecified atom stereocenters. The number of nitrogens with zero attached hydrogens (tertiary/aromatic N) is 1. The van der Waals surface area contributed by atoms with Gasteiger partial charge in [0, 0.05) is 5.71 Å². The Morgan fingerprint density at radius 3 is 2.45 bits per heavy atom. The number of nitrogens with one attached hydrogen (secondary N) is 1. The van der Waals surface area contributed by atoms with Crippen LogP contribution in [0.15, 0.2) is 23.3 Å². The number of ether oxygens (including phenoxy) is 1. The molecule has 0 heterocycles. The molecule has 20 heavy (non-hydrogen) atoms. The quantitative estimate of drug-likeness (QED) is 0.640. The van der Waals surface area contributed by atoms with Crippen LogP contribution in [0.3, 0.4) is 0 Å². The molecular weight excluding hydrogens is 252 g/mol. The van der Waals surface area contributed by atoms with Crippen LogP contribution < -0.4 is 10.2 Å². The van der Waals surface area contributed by atoms with Crippen LogP contribution in [0, 0.1) is 19.8 Å². The van der Waals surface area contributed by atoms with Crippen molar-refractivity contribution in [1.82, 2.24) is 5.43 Å². The molecule has 0 aliphatic heterocycles. The average molecular weight is 276 g/mol. The lowest BCUT2D eigenvalue weighted by Crippen LogP contribution is -2.26. The zero-order valence-electron chi connectivity index (χ0n) is 13.0. The maximum absolute atomic E-state index is 11.7. The Hall–Kier alpha value is -1.84. The van der Waals surface area contributed by atoms with Crippen LogP contribution in [0.1, 0.15) is 38.3 Å². The van der Waals surface area contributed by atoms with Crippen molar-refractivity contribution < 1.29 is 9.53 Å². The number of hydrazone groups is 1. The van der Waals surface area contributed by atoms with E-state index in [-0.39, 0.29) is 12.5 Å². The highest BCUT2D eigenvalue weighted by atomic mass is 16.5. The summed E-state index contributed by atoms with van der Waals surface area (Å²) in [7, 11) is 0. The molecule has 0 aliphatic carbocycles. The summed E-state index contributed by atoms with van der Waals surface area (Å²) in [5.41, 5.74) is 5.68. The van der Waals surface area contributed by atoms with Gasteiger partial charge in [0.2, 0.25) is 0 Å². The first-order chi connectivity index (χ1) is 9.42. The van der Waals surface area contributed by atoms with Crippen LogP contribution in [-0.2, 0) is 4.79 Å². The minimum Gasteiger partial charge on any atom is -0.484 e. The number of carbonyl (C=O) groups is 1. The summed E-state index contributed by atoms with van der Waals surface area (Å²) in [4.78, 5) is 11.7. The summed E-state index contributed by atoms with van der Waals surface area (Å²) >= 11 is 0. The maximum atomic E-state index is 11.7. The number of hydrogen-bond acceptors (Lipinski definition) is 3. The van der Waals surface area contributed by atoms with E-state index < -0.39 is 0 Å². The molecule has 0 aliphatic rings. The molecule has 1 aromatic rings. The molecule has 0 aromatic heterocycles. The minimum absolute atomic E-state index is 0.0276. The van der Waals surface area contributed by atoms with Crippen LogP contribution in [0.2, 0.25) is 0 Å².